The topological polar surface area (TPSA) is 75.4 Å². The quantitative estimate of drug-likeness (QED) is 0.726. The lowest BCUT2D eigenvalue weighted by Gasteiger charge is -2.26. The van der Waals surface area contributed by atoms with E-state index in [0.717, 1.165) is 36.9 Å². The first-order valence-corrected chi connectivity index (χ1v) is 7.30. The van der Waals surface area contributed by atoms with E-state index in [1.54, 1.807) is 0 Å². The second kappa shape index (κ2) is 6.33. The summed E-state index contributed by atoms with van der Waals surface area (Å²) in [6, 6.07) is 7.47. The molecule has 0 radical (unpaired) electrons. The van der Waals surface area contributed by atoms with E-state index in [2.05, 4.69) is 5.32 Å². The Labute approximate surface area is 124 Å². The maximum Gasteiger partial charge on any atom is 0.237 e. The molecule has 0 heterocycles. The van der Waals surface area contributed by atoms with Crippen LogP contribution in [0.1, 0.15) is 31.2 Å². The smallest absolute Gasteiger partial charge is 0.237 e. The van der Waals surface area contributed by atoms with E-state index >= 15 is 0 Å². The third-order valence-corrected chi connectivity index (χ3v) is 4.37. The number of thiocarbonyl (C=S) groups is 1. The average molecular weight is 292 g/mol. The summed E-state index contributed by atoms with van der Waals surface area (Å²) in [6.07, 6.45) is 4.05. The highest BCUT2D eigenvalue weighted by atomic mass is 32.1. The number of hydrogen-bond donors (Lipinski definition) is 3. The van der Waals surface area contributed by atoms with Crippen LogP contribution in [0.25, 0.3) is 0 Å². The van der Waals surface area contributed by atoms with Gasteiger partial charge in [-0.15, -0.1) is 0 Å². The number of aliphatic hydroxyl groups excluding tert-OH is 1. The molecule has 1 amide bonds. The zero-order valence-electron chi connectivity index (χ0n) is 11.4. The molecule has 0 spiro atoms. The van der Waals surface area contributed by atoms with Crippen molar-refractivity contribution in [2.75, 3.05) is 11.9 Å². The van der Waals surface area contributed by atoms with Gasteiger partial charge in [-0.05, 0) is 37.0 Å². The molecule has 20 heavy (non-hydrogen) atoms. The lowest BCUT2D eigenvalue weighted by Crippen LogP contribution is -2.43. The van der Waals surface area contributed by atoms with Gasteiger partial charge in [-0.25, -0.2) is 0 Å². The van der Waals surface area contributed by atoms with Crippen LogP contribution in [-0.4, -0.2) is 22.6 Å². The van der Waals surface area contributed by atoms with Gasteiger partial charge >= 0.3 is 0 Å². The van der Waals surface area contributed by atoms with Crippen LogP contribution >= 0.6 is 12.2 Å². The normalized spacial score (nSPS) is 16.9. The average Bonchev–Trinajstić information content (AvgIpc) is 2.92. The third-order valence-electron chi connectivity index (χ3n) is 3.98. The number of carbonyl (C=O) groups is 1. The first-order valence-electron chi connectivity index (χ1n) is 6.90. The first kappa shape index (κ1) is 14.9. The number of carbonyl (C=O) groups excluding carboxylic acids is 1. The van der Waals surface area contributed by atoms with Crippen molar-refractivity contribution >= 4 is 28.8 Å². The summed E-state index contributed by atoms with van der Waals surface area (Å²) in [5, 5.41) is 11.8. The number of nitrogens with two attached hydrogens (primary N) is 1. The molecular weight excluding hydrogens is 272 g/mol. The Morgan fingerprint density at radius 1 is 1.30 bits per heavy atom. The van der Waals surface area contributed by atoms with Crippen LogP contribution in [0.3, 0.4) is 0 Å². The lowest BCUT2D eigenvalue weighted by atomic mass is 9.85. The van der Waals surface area contributed by atoms with Gasteiger partial charge in [0.1, 0.15) is 0 Å². The highest BCUT2D eigenvalue weighted by molar-refractivity contribution is 7.80. The van der Waals surface area contributed by atoms with E-state index in [1.165, 1.54) is 0 Å². The zero-order chi connectivity index (χ0) is 14.6. The number of amides is 1. The molecule has 0 unspecified atom stereocenters. The molecule has 5 heteroatoms. The Morgan fingerprint density at radius 3 is 2.40 bits per heavy atom. The lowest BCUT2D eigenvalue weighted by molar-refractivity contribution is -0.122. The Hall–Kier alpha value is -1.46. The maximum atomic E-state index is 12.5. The van der Waals surface area contributed by atoms with Crippen molar-refractivity contribution in [3.8, 4) is 0 Å². The molecule has 1 aliphatic carbocycles. The van der Waals surface area contributed by atoms with Crippen LogP contribution in [0, 0.1) is 5.41 Å². The zero-order valence-corrected chi connectivity index (χ0v) is 12.2. The third kappa shape index (κ3) is 2.99. The summed E-state index contributed by atoms with van der Waals surface area (Å²) in [5.41, 5.74) is 6.89. The molecule has 0 aliphatic heterocycles. The van der Waals surface area contributed by atoms with Crippen molar-refractivity contribution in [1.82, 2.24) is 0 Å². The van der Waals surface area contributed by atoms with Crippen LogP contribution < -0.4 is 11.1 Å². The number of hydrogen-bond acceptors (Lipinski definition) is 3. The number of benzene rings is 1. The van der Waals surface area contributed by atoms with Gasteiger partial charge < -0.3 is 16.2 Å². The number of aliphatic hydroxyl groups is 1. The Bertz CT molecular complexity index is 493. The Balaban J connectivity index is 2.08. The van der Waals surface area contributed by atoms with E-state index in [9.17, 15) is 4.79 Å². The van der Waals surface area contributed by atoms with E-state index in [0.29, 0.717) is 11.4 Å². The first-order chi connectivity index (χ1) is 9.58. The molecule has 108 valence electrons. The van der Waals surface area contributed by atoms with Crippen LogP contribution in [0.15, 0.2) is 24.3 Å². The number of nitrogens with one attached hydrogen (secondary N) is 1. The minimum atomic E-state index is -0.681. The molecule has 1 saturated carbocycles. The fraction of sp³-hybridized carbons (Fsp3) is 0.467. The predicted octanol–water partition coefficient (Wildman–Crippen LogP) is 2.01. The molecule has 0 atom stereocenters. The van der Waals surface area contributed by atoms with Gasteiger partial charge in [0.15, 0.2) is 0 Å². The van der Waals surface area contributed by atoms with E-state index in [4.69, 9.17) is 23.1 Å². The molecule has 0 aromatic heterocycles. The summed E-state index contributed by atoms with van der Waals surface area (Å²) < 4.78 is 0. The monoisotopic (exact) mass is 292 g/mol. The summed E-state index contributed by atoms with van der Waals surface area (Å²) in [7, 11) is 0. The van der Waals surface area contributed by atoms with Gasteiger partial charge in [0, 0.05) is 12.3 Å². The van der Waals surface area contributed by atoms with Crippen molar-refractivity contribution in [3.63, 3.8) is 0 Å². The van der Waals surface area contributed by atoms with Gasteiger partial charge in [-0.2, -0.15) is 0 Å². The van der Waals surface area contributed by atoms with Crippen molar-refractivity contribution in [3.05, 3.63) is 29.8 Å². The second-order valence-electron chi connectivity index (χ2n) is 5.28. The van der Waals surface area contributed by atoms with Gasteiger partial charge in [0.2, 0.25) is 5.91 Å². The van der Waals surface area contributed by atoms with Crippen LogP contribution in [0.2, 0.25) is 0 Å². The molecule has 0 saturated heterocycles. The summed E-state index contributed by atoms with van der Waals surface area (Å²) in [4.78, 5) is 12.8. The minimum Gasteiger partial charge on any atom is -0.396 e. The van der Waals surface area contributed by atoms with Crippen molar-refractivity contribution in [2.24, 2.45) is 11.1 Å². The molecule has 1 aliphatic rings. The van der Waals surface area contributed by atoms with E-state index in [1.807, 2.05) is 24.3 Å². The molecule has 2 rings (SSSR count). The Morgan fingerprint density at radius 2 is 1.90 bits per heavy atom. The molecule has 1 fully saturated rings. The summed E-state index contributed by atoms with van der Waals surface area (Å²) in [5.74, 6) is -0.0996. The largest absolute Gasteiger partial charge is 0.396 e. The standard InChI is InChI=1S/C15H20N2O2S/c16-13(20)15(8-1-2-9-15)14(19)17-12-5-3-11(4-6-12)7-10-18/h3-6,18H,1-2,7-10H2,(H2,16,20)(H,17,19). The highest BCUT2D eigenvalue weighted by Gasteiger charge is 2.43. The van der Waals surface area contributed by atoms with Crippen LogP contribution in [0.4, 0.5) is 5.69 Å². The fourth-order valence-electron chi connectivity index (χ4n) is 2.70. The molecule has 1 aromatic carbocycles. The Kier molecular flexibility index (Phi) is 4.73. The summed E-state index contributed by atoms with van der Waals surface area (Å²) in [6.45, 7) is 0.121. The SMILES string of the molecule is NC(=S)C1(C(=O)Nc2ccc(CCO)cc2)CCCC1. The molecule has 1 aromatic rings. The molecule has 4 N–H and O–H groups in total. The van der Waals surface area contributed by atoms with Gasteiger partial charge in [-0.1, -0.05) is 37.2 Å². The molecule has 4 nitrogen and oxygen atoms in total. The van der Waals surface area contributed by atoms with Crippen molar-refractivity contribution < 1.29 is 9.90 Å². The van der Waals surface area contributed by atoms with Gasteiger partial charge in [0.05, 0.1) is 10.4 Å². The second-order valence-corrected chi connectivity index (χ2v) is 5.72. The molecule has 0 bridgehead atoms. The fourth-order valence-corrected chi connectivity index (χ4v) is 3.00. The van der Waals surface area contributed by atoms with Crippen LogP contribution in [0.5, 0.6) is 0 Å². The maximum absolute atomic E-state index is 12.5. The van der Waals surface area contributed by atoms with E-state index < -0.39 is 5.41 Å². The minimum absolute atomic E-state index is 0.0996. The van der Waals surface area contributed by atoms with Crippen molar-refractivity contribution in [1.29, 1.82) is 0 Å². The van der Waals surface area contributed by atoms with E-state index in [-0.39, 0.29) is 12.5 Å². The number of anilines is 1. The van der Waals surface area contributed by atoms with Gasteiger partial charge in [-0.3, -0.25) is 4.79 Å². The predicted molar refractivity (Wildman–Crippen MR) is 83.5 cm³/mol. The molecular formula is C15H20N2O2S. The summed E-state index contributed by atoms with van der Waals surface area (Å²) >= 11 is 5.10. The van der Waals surface area contributed by atoms with Crippen molar-refractivity contribution in [2.45, 2.75) is 32.1 Å². The van der Waals surface area contributed by atoms with Gasteiger partial charge in [0.25, 0.3) is 0 Å². The highest BCUT2D eigenvalue weighted by Crippen LogP contribution is 2.39. The number of rotatable bonds is 5. The van der Waals surface area contributed by atoms with Crippen LogP contribution in [-0.2, 0) is 11.2 Å².